The van der Waals surface area contributed by atoms with Gasteiger partial charge in [0.2, 0.25) is 0 Å². The van der Waals surface area contributed by atoms with Gasteiger partial charge in [-0.1, -0.05) is 18.2 Å². The van der Waals surface area contributed by atoms with Crippen molar-refractivity contribution in [2.75, 3.05) is 0 Å². The highest BCUT2D eigenvalue weighted by Crippen LogP contribution is 2.71. The summed E-state index contributed by atoms with van der Waals surface area (Å²) in [7, 11) is 0. The first-order chi connectivity index (χ1) is 6.49. The predicted molar refractivity (Wildman–Crippen MR) is 72.2 cm³/mol. The summed E-state index contributed by atoms with van der Waals surface area (Å²) in [6, 6.07) is 10.9. The Balaban J connectivity index is 3.13. The third-order valence-corrected chi connectivity index (χ3v) is 12.9. The SMILES string of the molecule is CC(C)[P+](Br)(c1ccccc1)C(C)C. The predicted octanol–water partition coefficient (Wildman–Crippen LogP) is 4.46. The second-order valence-corrected chi connectivity index (χ2v) is 11.7. The molecule has 0 nitrogen and oxygen atoms in total. The Bertz CT molecular complexity index is 272. The van der Waals surface area contributed by atoms with E-state index in [2.05, 4.69) is 73.5 Å². The Hall–Kier alpha value is 0.130. The van der Waals surface area contributed by atoms with Gasteiger partial charge in [-0.05, 0) is 39.8 Å². The zero-order valence-corrected chi connectivity index (χ0v) is 11.8. The van der Waals surface area contributed by atoms with Crippen molar-refractivity contribution < 1.29 is 0 Å². The standard InChI is InChI=1S/C12H19BrP/c1-10(2)14(13,11(3)4)12-8-6-5-7-9-12/h5-11H,1-4H3/q+1. The van der Waals surface area contributed by atoms with Crippen LogP contribution in [-0.4, -0.2) is 11.3 Å². The second-order valence-electron chi connectivity index (χ2n) is 4.21. The maximum absolute atomic E-state index is 4.03. The van der Waals surface area contributed by atoms with Gasteiger partial charge in [-0.25, -0.2) is 0 Å². The number of hydrogen-bond donors (Lipinski definition) is 0. The van der Waals surface area contributed by atoms with Crippen LogP contribution in [0, 0.1) is 0 Å². The van der Waals surface area contributed by atoms with Gasteiger partial charge < -0.3 is 0 Å². The molecule has 78 valence electrons. The van der Waals surface area contributed by atoms with Gasteiger partial charge in [-0.3, -0.25) is 0 Å². The summed E-state index contributed by atoms with van der Waals surface area (Å²) in [5, 5.41) is 1.49. The Kier molecular flexibility index (Phi) is 4.15. The molecule has 0 heterocycles. The van der Waals surface area contributed by atoms with Crippen LogP contribution in [0.5, 0.6) is 0 Å². The molecule has 0 aliphatic rings. The molecule has 0 amide bonds. The Morgan fingerprint density at radius 3 is 1.71 bits per heavy atom. The molecule has 0 bridgehead atoms. The first kappa shape index (κ1) is 12.2. The van der Waals surface area contributed by atoms with Crippen LogP contribution in [0.25, 0.3) is 0 Å². The molecule has 0 aliphatic heterocycles. The summed E-state index contributed by atoms with van der Waals surface area (Å²) in [4.78, 5) is 0. The molecule has 0 spiro atoms. The van der Waals surface area contributed by atoms with Crippen molar-refractivity contribution in [3.8, 4) is 0 Å². The van der Waals surface area contributed by atoms with Gasteiger partial charge in [0, 0.05) is 0 Å². The molecule has 0 aliphatic carbocycles. The molecule has 0 N–H and O–H groups in total. The number of benzene rings is 1. The molecule has 1 aromatic rings. The Morgan fingerprint density at radius 1 is 0.929 bits per heavy atom. The first-order valence-corrected chi connectivity index (χ1v) is 9.08. The molecule has 0 atom stereocenters. The van der Waals surface area contributed by atoms with Crippen molar-refractivity contribution in [3.05, 3.63) is 30.3 Å². The molecule has 0 saturated heterocycles. The van der Waals surface area contributed by atoms with Crippen LogP contribution in [0.15, 0.2) is 30.3 Å². The molecular weight excluding hydrogens is 255 g/mol. The van der Waals surface area contributed by atoms with Crippen LogP contribution in [0.4, 0.5) is 0 Å². The highest BCUT2D eigenvalue weighted by atomic mass is 79.9. The Labute approximate surface area is 96.2 Å². The maximum atomic E-state index is 4.03. The van der Waals surface area contributed by atoms with Gasteiger partial charge in [0.15, 0.2) is 0 Å². The average Bonchev–Trinajstić information content (AvgIpc) is 2.17. The monoisotopic (exact) mass is 273 g/mol. The molecule has 1 aromatic carbocycles. The van der Waals surface area contributed by atoms with Gasteiger partial charge in [0.05, 0.1) is 11.3 Å². The van der Waals surface area contributed by atoms with Crippen LogP contribution in [-0.2, 0) is 0 Å². The van der Waals surface area contributed by atoms with E-state index in [0.717, 1.165) is 0 Å². The minimum absolute atomic E-state index is 0.699. The summed E-state index contributed by atoms with van der Waals surface area (Å²) in [6.07, 6.45) is 0. The molecule has 2 heteroatoms. The zero-order valence-electron chi connectivity index (χ0n) is 9.37. The fourth-order valence-corrected chi connectivity index (χ4v) is 5.57. The maximum Gasteiger partial charge on any atom is 0.145 e. The van der Waals surface area contributed by atoms with Gasteiger partial charge in [0.25, 0.3) is 0 Å². The van der Waals surface area contributed by atoms with Gasteiger partial charge in [0.1, 0.15) is 26.8 Å². The van der Waals surface area contributed by atoms with Gasteiger partial charge in [-0.15, -0.1) is 0 Å². The average molecular weight is 274 g/mol. The number of halogens is 1. The van der Waals surface area contributed by atoms with Crippen LogP contribution < -0.4 is 5.30 Å². The molecule has 14 heavy (non-hydrogen) atoms. The minimum atomic E-state index is -1.15. The quantitative estimate of drug-likeness (QED) is 0.714. The molecule has 0 saturated carbocycles. The summed E-state index contributed by atoms with van der Waals surface area (Å²) in [5.41, 5.74) is 1.40. The van der Waals surface area contributed by atoms with E-state index < -0.39 is 5.96 Å². The third-order valence-electron chi connectivity index (χ3n) is 2.65. The zero-order chi connectivity index (χ0) is 10.8. The normalized spacial score (nSPS) is 12.5. The van der Waals surface area contributed by atoms with Crippen molar-refractivity contribution in [2.45, 2.75) is 39.0 Å². The van der Waals surface area contributed by atoms with E-state index >= 15 is 0 Å². The lowest BCUT2D eigenvalue weighted by Gasteiger charge is -2.27. The molecule has 0 radical (unpaired) electrons. The third kappa shape index (κ3) is 2.20. The van der Waals surface area contributed by atoms with E-state index in [1.807, 2.05) is 0 Å². The van der Waals surface area contributed by atoms with E-state index in [4.69, 9.17) is 0 Å². The van der Waals surface area contributed by atoms with E-state index in [0.29, 0.717) is 11.3 Å². The van der Waals surface area contributed by atoms with E-state index in [1.54, 1.807) is 0 Å². The lowest BCUT2D eigenvalue weighted by Crippen LogP contribution is -2.21. The van der Waals surface area contributed by atoms with E-state index in [1.165, 1.54) is 5.30 Å². The van der Waals surface area contributed by atoms with Crippen molar-refractivity contribution >= 4 is 26.8 Å². The number of rotatable bonds is 3. The van der Waals surface area contributed by atoms with Crippen molar-refractivity contribution in [1.29, 1.82) is 0 Å². The second kappa shape index (κ2) is 4.77. The molecule has 1 rings (SSSR count). The fourth-order valence-electron chi connectivity index (χ4n) is 1.85. The fraction of sp³-hybridized carbons (Fsp3) is 0.500. The lowest BCUT2D eigenvalue weighted by molar-refractivity contribution is 1.02. The van der Waals surface area contributed by atoms with E-state index in [-0.39, 0.29) is 0 Å². The van der Waals surface area contributed by atoms with Gasteiger partial charge in [-0.2, -0.15) is 0 Å². The summed E-state index contributed by atoms with van der Waals surface area (Å²) in [6.45, 7) is 9.26. The van der Waals surface area contributed by atoms with E-state index in [9.17, 15) is 0 Å². The first-order valence-electron chi connectivity index (χ1n) is 5.13. The minimum Gasteiger partial charge on any atom is -0.0620 e. The van der Waals surface area contributed by atoms with Crippen LogP contribution >= 0.6 is 21.5 Å². The highest BCUT2D eigenvalue weighted by molar-refractivity contribution is 9.43. The number of hydrogen-bond acceptors (Lipinski definition) is 0. The lowest BCUT2D eigenvalue weighted by atomic mass is 10.4. The molecular formula is C12H19BrP+. The van der Waals surface area contributed by atoms with Crippen LogP contribution in [0.3, 0.4) is 0 Å². The van der Waals surface area contributed by atoms with Crippen LogP contribution in [0.1, 0.15) is 27.7 Å². The molecule has 0 fully saturated rings. The van der Waals surface area contributed by atoms with Crippen molar-refractivity contribution in [1.82, 2.24) is 0 Å². The van der Waals surface area contributed by atoms with Crippen molar-refractivity contribution in [3.63, 3.8) is 0 Å². The van der Waals surface area contributed by atoms with Gasteiger partial charge >= 0.3 is 0 Å². The molecule has 0 aromatic heterocycles. The van der Waals surface area contributed by atoms with Crippen LogP contribution in [0.2, 0.25) is 0 Å². The van der Waals surface area contributed by atoms with Crippen molar-refractivity contribution in [2.24, 2.45) is 0 Å². The highest BCUT2D eigenvalue weighted by Gasteiger charge is 2.44. The summed E-state index contributed by atoms with van der Waals surface area (Å²) >= 11 is 4.03. The smallest absolute Gasteiger partial charge is 0.0620 e. The topological polar surface area (TPSA) is 0 Å². The molecule has 0 unspecified atom stereocenters. The largest absolute Gasteiger partial charge is 0.145 e. The summed E-state index contributed by atoms with van der Waals surface area (Å²) < 4.78 is 0. The summed E-state index contributed by atoms with van der Waals surface area (Å²) in [5.74, 6) is -1.15. The Morgan fingerprint density at radius 2 is 1.36 bits per heavy atom.